The number of aryl methyl sites for hydroxylation is 1. The van der Waals surface area contributed by atoms with E-state index >= 15 is 0 Å². The quantitative estimate of drug-likeness (QED) is 0.726. The van der Waals surface area contributed by atoms with E-state index in [0.717, 1.165) is 10.1 Å². The number of nitrogens with zero attached hydrogens (tertiary/aromatic N) is 2. The second-order valence-electron chi connectivity index (χ2n) is 5.56. The number of anilines is 1. The summed E-state index contributed by atoms with van der Waals surface area (Å²) < 4.78 is 12.6. The highest BCUT2D eigenvalue weighted by molar-refractivity contribution is 7.99. The molecule has 0 saturated carbocycles. The summed E-state index contributed by atoms with van der Waals surface area (Å²) in [6.45, 7) is 0.108. The Labute approximate surface area is 159 Å². The van der Waals surface area contributed by atoms with E-state index in [1.807, 2.05) is 23.9 Å². The standard InChI is InChI=1S/C18H14ClN3O3S/c1-22-8-7-20-18(22)26-15-6-5-11(19)9-13(15)21-17(23)12-3-2-4-14-16(12)25-10-24-14/h2-9H,10H2,1H3,(H,21,23). The Morgan fingerprint density at radius 2 is 2.19 bits per heavy atom. The van der Waals surface area contributed by atoms with Gasteiger partial charge in [-0.1, -0.05) is 17.7 Å². The van der Waals surface area contributed by atoms with Gasteiger partial charge in [-0.3, -0.25) is 4.79 Å². The molecule has 2 heterocycles. The maximum Gasteiger partial charge on any atom is 0.259 e. The molecule has 1 aliphatic heterocycles. The van der Waals surface area contributed by atoms with Crippen molar-refractivity contribution in [2.24, 2.45) is 7.05 Å². The predicted molar refractivity (Wildman–Crippen MR) is 99.3 cm³/mol. The highest BCUT2D eigenvalue weighted by Crippen LogP contribution is 2.37. The van der Waals surface area contributed by atoms with Crippen LogP contribution >= 0.6 is 23.4 Å². The first-order valence-electron chi connectivity index (χ1n) is 7.76. The molecule has 0 atom stereocenters. The summed E-state index contributed by atoms with van der Waals surface area (Å²) in [7, 11) is 1.91. The number of hydrogen-bond acceptors (Lipinski definition) is 5. The topological polar surface area (TPSA) is 65.4 Å². The molecule has 0 spiro atoms. The fourth-order valence-electron chi connectivity index (χ4n) is 2.54. The van der Waals surface area contributed by atoms with Crippen molar-refractivity contribution in [3.05, 3.63) is 59.4 Å². The third-order valence-corrected chi connectivity index (χ3v) is 5.20. The lowest BCUT2D eigenvalue weighted by Crippen LogP contribution is -2.13. The monoisotopic (exact) mass is 387 g/mol. The van der Waals surface area contributed by atoms with Gasteiger partial charge in [-0.05, 0) is 42.1 Å². The van der Waals surface area contributed by atoms with Crippen LogP contribution in [-0.2, 0) is 7.05 Å². The zero-order chi connectivity index (χ0) is 18.1. The Balaban J connectivity index is 1.64. The number of nitrogens with one attached hydrogen (secondary N) is 1. The maximum absolute atomic E-state index is 12.8. The zero-order valence-corrected chi connectivity index (χ0v) is 15.3. The van der Waals surface area contributed by atoms with Crippen LogP contribution < -0.4 is 14.8 Å². The van der Waals surface area contributed by atoms with Crippen LogP contribution in [0.25, 0.3) is 0 Å². The number of rotatable bonds is 4. The van der Waals surface area contributed by atoms with Crippen molar-refractivity contribution >= 4 is 35.0 Å². The van der Waals surface area contributed by atoms with Crippen molar-refractivity contribution in [1.82, 2.24) is 9.55 Å². The van der Waals surface area contributed by atoms with Crippen LogP contribution in [0.4, 0.5) is 5.69 Å². The first-order valence-corrected chi connectivity index (χ1v) is 8.96. The molecular weight excluding hydrogens is 374 g/mol. The predicted octanol–water partition coefficient (Wildman–Crippen LogP) is 4.21. The van der Waals surface area contributed by atoms with Crippen LogP contribution in [-0.4, -0.2) is 22.3 Å². The molecule has 2 aromatic carbocycles. The van der Waals surface area contributed by atoms with Crippen LogP contribution in [0.15, 0.2) is 58.8 Å². The van der Waals surface area contributed by atoms with Gasteiger partial charge in [0, 0.05) is 29.4 Å². The molecule has 1 amide bonds. The highest BCUT2D eigenvalue weighted by atomic mass is 35.5. The molecule has 3 aromatic rings. The van der Waals surface area contributed by atoms with Gasteiger partial charge in [-0.2, -0.15) is 0 Å². The summed E-state index contributed by atoms with van der Waals surface area (Å²) in [5, 5.41) is 4.25. The summed E-state index contributed by atoms with van der Waals surface area (Å²) in [5.41, 5.74) is 1.01. The molecule has 0 radical (unpaired) electrons. The number of amides is 1. The van der Waals surface area contributed by atoms with Crippen LogP contribution in [0.2, 0.25) is 5.02 Å². The summed E-state index contributed by atoms with van der Waals surface area (Å²) in [4.78, 5) is 17.9. The molecule has 0 unspecified atom stereocenters. The number of aromatic nitrogens is 2. The molecule has 0 aliphatic carbocycles. The number of fused-ring (bicyclic) bond motifs is 1. The number of carbonyl (C=O) groups is 1. The van der Waals surface area contributed by atoms with Gasteiger partial charge in [-0.15, -0.1) is 0 Å². The molecule has 1 aromatic heterocycles. The number of benzene rings is 2. The van der Waals surface area contributed by atoms with E-state index in [4.69, 9.17) is 21.1 Å². The van der Waals surface area contributed by atoms with E-state index in [9.17, 15) is 4.79 Å². The van der Waals surface area contributed by atoms with Gasteiger partial charge >= 0.3 is 0 Å². The van der Waals surface area contributed by atoms with E-state index in [-0.39, 0.29) is 12.7 Å². The minimum absolute atomic E-state index is 0.108. The average molecular weight is 388 g/mol. The third-order valence-electron chi connectivity index (χ3n) is 3.81. The number of halogens is 1. The van der Waals surface area contributed by atoms with Crippen molar-refractivity contribution in [3.63, 3.8) is 0 Å². The Morgan fingerprint density at radius 3 is 3.00 bits per heavy atom. The van der Waals surface area contributed by atoms with Gasteiger partial charge in [0.15, 0.2) is 16.7 Å². The van der Waals surface area contributed by atoms with Crippen LogP contribution in [0.1, 0.15) is 10.4 Å². The number of ether oxygens (including phenoxy) is 2. The summed E-state index contributed by atoms with van der Waals surface area (Å²) in [6, 6.07) is 10.6. The number of imidazole rings is 1. The maximum atomic E-state index is 12.8. The van der Waals surface area contributed by atoms with E-state index in [2.05, 4.69) is 10.3 Å². The smallest absolute Gasteiger partial charge is 0.259 e. The number of hydrogen-bond donors (Lipinski definition) is 1. The summed E-state index contributed by atoms with van der Waals surface area (Å²) in [5.74, 6) is 0.716. The molecule has 6 nitrogen and oxygen atoms in total. The van der Waals surface area contributed by atoms with Gasteiger partial charge in [0.05, 0.1) is 11.3 Å². The molecule has 8 heteroatoms. The Morgan fingerprint density at radius 1 is 1.31 bits per heavy atom. The van der Waals surface area contributed by atoms with E-state index < -0.39 is 0 Å². The van der Waals surface area contributed by atoms with Crippen LogP contribution in [0.3, 0.4) is 0 Å². The fraction of sp³-hybridized carbons (Fsp3) is 0.111. The van der Waals surface area contributed by atoms with Crippen LogP contribution in [0, 0.1) is 0 Å². The van der Waals surface area contributed by atoms with Crippen LogP contribution in [0.5, 0.6) is 11.5 Å². The molecule has 1 N–H and O–H groups in total. The van der Waals surface area contributed by atoms with Gasteiger partial charge < -0.3 is 19.4 Å². The average Bonchev–Trinajstić information content (AvgIpc) is 3.26. The molecule has 0 bridgehead atoms. The molecule has 26 heavy (non-hydrogen) atoms. The van der Waals surface area contributed by atoms with E-state index in [0.29, 0.717) is 27.8 Å². The second-order valence-corrected chi connectivity index (χ2v) is 7.00. The molecule has 0 fully saturated rings. The van der Waals surface area contributed by atoms with Crippen molar-refractivity contribution in [2.75, 3.05) is 12.1 Å². The Hall–Kier alpha value is -2.64. The largest absolute Gasteiger partial charge is 0.454 e. The zero-order valence-electron chi connectivity index (χ0n) is 13.7. The number of carbonyl (C=O) groups excluding carboxylic acids is 1. The van der Waals surface area contributed by atoms with Crippen molar-refractivity contribution in [2.45, 2.75) is 10.1 Å². The van der Waals surface area contributed by atoms with Crippen molar-refractivity contribution in [1.29, 1.82) is 0 Å². The minimum atomic E-state index is -0.295. The molecular formula is C18H14ClN3O3S. The third kappa shape index (κ3) is 3.23. The highest BCUT2D eigenvalue weighted by Gasteiger charge is 2.22. The fourth-order valence-corrected chi connectivity index (χ4v) is 3.58. The first kappa shape index (κ1) is 16.8. The Bertz CT molecular complexity index is 990. The molecule has 0 saturated heterocycles. The van der Waals surface area contributed by atoms with Gasteiger partial charge in [0.2, 0.25) is 6.79 Å². The Kier molecular flexibility index (Phi) is 4.48. The summed E-state index contributed by atoms with van der Waals surface area (Å²) in [6.07, 6.45) is 3.59. The van der Waals surface area contributed by atoms with E-state index in [1.165, 1.54) is 11.8 Å². The molecule has 132 valence electrons. The lowest BCUT2D eigenvalue weighted by molar-refractivity contribution is 0.102. The SMILES string of the molecule is Cn1ccnc1Sc1ccc(Cl)cc1NC(=O)c1cccc2c1OCO2. The van der Waals surface area contributed by atoms with Gasteiger partial charge in [0.25, 0.3) is 5.91 Å². The van der Waals surface area contributed by atoms with Gasteiger partial charge in [0.1, 0.15) is 0 Å². The van der Waals surface area contributed by atoms with Crippen molar-refractivity contribution < 1.29 is 14.3 Å². The lowest BCUT2D eigenvalue weighted by atomic mass is 10.1. The first-order chi connectivity index (χ1) is 12.6. The van der Waals surface area contributed by atoms with Crippen molar-refractivity contribution in [3.8, 4) is 11.5 Å². The molecule has 4 rings (SSSR count). The van der Waals surface area contributed by atoms with Gasteiger partial charge in [-0.25, -0.2) is 4.98 Å². The minimum Gasteiger partial charge on any atom is -0.454 e. The number of para-hydroxylation sites is 1. The second kappa shape index (κ2) is 6.93. The lowest BCUT2D eigenvalue weighted by Gasteiger charge is -2.12. The van der Waals surface area contributed by atoms with E-state index in [1.54, 1.807) is 36.5 Å². The summed E-state index contributed by atoms with van der Waals surface area (Å²) >= 11 is 7.57. The molecule has 1 aliphatic rings. The normalized spacial score (nSPS) is 12.2.